The zero-order chi connectivity index (χ0) is 19.6. The number of rotatable bonds is 5. The lowest BCUT2D eigenvalue weighted by Crippen LogP contribution is -2.00. The number of nitrogens with zero attached hydrogens (tertiary/aromatic N) is 3. The molecule has 0 atom stereocenters. The molecule has 2 aromatic carbocycles. The highest BCUT2D eigenvalue weighted by molar-refractivity contribution is 7.99. The second-order valence-corrected chi connectivity index (χ2v) is 7.42. The summed E-state index contributed by atoms with van der Waals surface area (Å²) in [4.78, 5) is 20.0. The van der Waals surface area contributed by atoms with Gasteiger partial charge in [0.2, 0.25) is 0 Å². The summed E-state index contributed by atoms with van der Waals surface area (Å²) in [5, 5.41) is 12.5. The minimum Gasteiger partial charge on any atom is -0.434 e. The fourth-order valence-electron chi connectivity index (χ4n) is 2.45. The molecule has 0 aliphatic carbocycles. The lowest BCUT2D eigenvalue weighted by atomic mass is 10.1. The third kappa shape index (κ3) is 4.37. The third-order valence-electron chi connectivity index (χ3n) is 3.80. The van der Waals surface area contributed by atoms with Gasteiger partial charge in [-0.1, -0.05) is 41.1 Å². The summed E-state index contributed by atoms with van der Waals surface area (Å²) in [5.74, 6) is 0.327. The van der Waals surface area contributed by atoms with Crippen LogP contribution in [0.4, 0.5) is 5.69 Å². The summed E-state index contributed by atoms with van der Waals surface area (Å²) in [7, 11) is 0. The molecule has 0 unspecified atom stereocenters. The summed E-state index contributed by atoms with van der Waals surface area (Å²) < 4.78 is 5.72. The van der Waals surface area contributed by atoms with E-state index >= 15 is 0 Å². The normalized spacial score (nSPS) is 10.7. The monoisotopic (exact) mass is 401 g/mol. The number of hydrogen-bond acceptors (Lipinski definition) is 6. The van der Waals surface area contributed by atoms with Gasteiger partial charge in [0.15, 0.2) is 5.03 Å². The van der Waals surface area contributed by atoms with E-state index in [4.69, 9.17) is 16.3 Å². The van der Waals surface area contributed by atoms with E-state index in [1.165, 1.54) is 18.1 Å². The van der Waals surface area contributed by atoms with Crippen LogP contribution in [-0.2, 0) is 0 Å². The highest BCUT2D eigenvalue weighted by Crippen LogP contribution is 2.39. The topological polar surface area (TPSA) is 78.2 Å². The minimum absolute atomic E-state index is 0.106. The van der Waals surface area contributed by atoms with Crippen LogP contribution in [0.3, 0.4) is 0 Å². The maximum absolute atomic E-state index is 11.7. The van der Waals surface area contributed by atoms with E-state index in [9.17, 15) is 10.1 Å². The van der Waals surface area contributed by atoms with Gasteiger partial charge in [0, 0.05) is 9.92 Å². The van der Waals surface area contributed by atoms with Gasteiger partial charge in [-0.05, 0) is 56.2 Å². The van der Waals surface area contributed by atoms with Crippen molar-refractivity contribution >= 4 is 29.1 Å². The Hall–Kier alpha value is -2.64. The van der Waals surface area contributed by atoms with Gasteiger partial charge in [0.25, 0.3) is 0 Å². The molecule has 6 nitrogen and oxygen atoms in total. The summed E-state index contributed by atoms with van der Waals surface area (Å²) in [6, 6.07) is 11.1. The Morgan fingerprint density at radius 3 is 2.30 bits per heavy atom. The van der Waals surface area contributed by atoms with Gasteiger partial charge in [0.1, 0.15) is 12.1 Å². The molecule has 0 aliphatic heterocycles. The number of ether oxygens (including phenoxy) is 1. The summed E-state index contributed by atoms with van der Waals surface area (Å²) in [6.07, 6.45) is 1.26. The fourth-order valence-corrected chi connectivity index (χ4v) is 3.41. The first-order valence-electron chi connectivity index (χ1n) is 8.03. The number of aromatic nitrogens is 2. The van der Waals surface area contributed by atoms with Gasteiger partial charge in [-0.2, -0.15) is 4.98 Å². The van der Waals surface area contributed by atoms with E-state index in [0.717, 1.165) is 21.6 Å². The zero-order valence-electron chi connectivity index (χ0n) is 14.9. The van der Waals surface area contributed by atoms with E-state index < -0.39 is 4.92 Å². The lowest BCUT2D eigenvalue weighted by Gasteiger charge is -2.10. The Bertz CT molecular complexity index is 987. The van der Waals surface area contributed by atoms with Crippen molar-refractivity contribution in [3.8, 4) is 11.6 Å². The van der Waals surface area contributed by atoms with Crippen molar-refractivity contribution in [3.63, 3.8) is 0 Å². The molecule has 0 spiro atoms. The fraction of sp³-hybridized carbons (Fsp3) is 0.158. The molecule has 27 heavy (non-hydrogen) atoms. The van der Waals surface area contributed by atoms with E-state index in [1.54, 1.807) is 12.1 Å². The molecule has 3 rings (SSSR count). The van der Waals surface area contributed by atoms with Crippen molar-refractivity contribution in [3.05, 3.63) is 74.6 Å². The maximum Gasteiger partial charge on any atom is 0.363 e. The van der Waals surface area contributed by atoms with Crippen LogP contribution in [0.1, 0.15) is 16.7 Å². The van der Waals surface area contributed by atoms with Crippen LogP contribution in [0.2, 0.25) is 5.02 Å². The second-order valence-electron chi connectivity index (χ2n) is 5.98. The standard InChI is InChI=1S/C19H16ClN3O3S/c1-11-4-6-15(7-5-11)27-19-17(23(24)25)18(21-10-22-19)26-14-8-12(2)16(20)13(3)9-14/h4-10H,1-3H3. The number of aryl methyl sites for hydroxylation is 3. The Kier molecular flexibility index (Phi) is 5.62. The molecule has 0 amide bonds. The molecular weight excluding hydrogens is 386 g/mol. The first kappa shape index (κ1) is 19.1. The maximum atomic E-state index is 11.7. The lowest BCUT2D eigenvalue weighted by molar-refractivity contribution is -0.389. The minimum atomic E-state index is -0.526. The molecule has 0 bridgehead atoms. The Labute approximate surface area is 165 Å². The second kappa shape index (κ2) is 7.94. The van der Waals surface area contributed by atoms with E-state index in [0.29, 0.717) is 10.8 Å². The van der Waals surface area contributed by atoms with Crippen LogP contribution in [0.5, 0.6) is 11.6 Å². The average molecular weight is 402 g/mol. The van der Waals surface area contributed by atoms with E-state index in [1.807, 2.05) is 45.0 Å². The van der Waals surface area contributed by atoms with E-state index in [2.05, 4.69) is 9.97 Å². The van der Waals surface area contributed by atoms with Crippen LogP contribution in [0, 0.1) is 30.9 Å². The van der Waals surface area contributed by atoms with Crippen LogP contribution < -0.4 is 4.74 Å². The molecule has 1 aromatic heterocycles. The van der Waals surface area contributed by atoms with Gasteiger partial charge < -0.3 is 4.74 Å². The summed E-state index contributed by atoms with van der Waals surface area (Å²) in [6.45, 7) is 5.66. The summed E-state index contributed by atoms with van der Waals surface area (Å²) in [5.41, 5.74) is 2.47. The van der Waals surface area contributed by atoms with Gasteiger partial charge in [-0.3, -0.25) is 10.1 Å². The highest BCUT2D eigenvalue weighted by atomic mass is 35.5. The molecule has 138 valence electrons. The van der Waals surface area contributed by atoms with Crippen molar-refractivity contribution < 1.29 is 9.66 Å². The first-order valence-corrected chi connectivity index (χ1v) is 9.23. The van der Waals surface area contributed by atoms with Crippen LogP contribution in [-0.4, -0.2) is 14.9 Å². The van der Waals surface area contributed by atoms with Gasteiger partial charge >= 0.3 is 11.6 Å². The van der Waals surface area contributed by atoms with Crippen molar-refractivity contribution in [1.29, 1.82) is 0 Å². The molecule has 0 radical (unpaired) electrons. The first-order chi connectivity index (χ1) is 12.8. The summed E-state index contributed by atoms with van der Waals surface area (Å²) >= 11 is 7.36. The van der Waals surface area contributed by atoms with Gasteiger partial charge in [0.05, 0.1) is 4.92 Å². The van der Waals surface area contributed by atoms with Crippen molar-refractivity contribution in [2.45, 2.75) is 30.7 Å². The molecular formula is C19H16ClN3O3S. The van der Waals surface area contributed by atoms with Crippen molar-refractivity contribution in [2.24, 2.45) is 0 Å². The van der Waals surface area contributed by atoms with Crippen LogP contribution in [0.15, 0.2) is 52.6 Å². The Balaban J connectivity index is 1.98. The van der Waals surface area contributed by atoms with E-state index in [-0.39, 0.29) is 16.6 Å². The van der Waals surface area contributed by atoms with Gasteiger partial charge in [-0.15, -0.1) is 0 Å². The predicted molar refractivity (Wildman–Crippen MR) is 105 cm³/mol. The number of nitro groups is 1. The Morgan fingerprint density at radius 1 is 1.07 bits per heavy atom. The number of benzene rings is 2. The number of hydrogen-bond donors (Lipinski definition) is 0. The molecule has 0 aliphatic rings. The molecule has 3 aromatic rings. The molecule has 0 fully saturated rings. The Morgan fingerprint density at radius 2 is 1.70 bits per heavy atom. The van der Waals surface area contributed by atoms with Crippen molar-refractivity contribution in [2.75, 3.05) is 0 Å². The van der Waals surface area contributed by atoms with Crippen LogP contribution >= 0.6 is 23.4 Å². The average Bonchev–Trinajstić information content (AvgIpc) is 2.61. The quantitative estimate of drug-likeness (QED) is 0.300. The van der Waals surface area contributed by atoms with Gasteiger partial charge in [-0.25, -0.2) is 4.98 Å². The number of halogens is 1. The molecule has 0 saturated heterocycles. The molecule has 8 heteroatoms. The largest absolute Gasteiger partial charge is 0.434 e. The zero-order valence-corrected chi connectivity index (χ0v) is 16.5. The van der Waals surface area contributed by atoms with Crippen LogP contribution in [0.25, 0.3) is 0 Å². The van der Waals surface area contributed by atoms with Crippen molar-refractivity contribution in [1.82, 2.24) is 9.97 Å². The third-order valence-corrected chi connectivity index (χ3v) is 5.39. The highest BCUT2D eigenvalue weighted by Gasteiger charge is 2.26. The smallest absolute Gasteiger partial charge is 0.363 e. The predicted octanol–water partition coefficient (Wildman–Crippen LogP) is 5.91. The SMILES string of the molecule is Cc1ccc(Sc2ncnc(Oc3cc(C)c(Cl)c(C)c3)c2[N+](=O)[O-])cc1. The molecule has 0 N–H and O–H groups in total. The molecule has 0 saturated carbocycles. The molecule has 1 heterocycles.